The van der Waals surface area contributed by atoms with Gasteiger partial charge < -0.3 is 4.74 Å². The smallest absolute Gasteiger partial charge is 0.280 e. The third-order valence-corrected chi connectivity index (χ3v) is 9.64. The lowest BCUT2D eigenvalue weighted by Gasteiger charge is -2.26. The minimum absolute atomic E-state index is 0.0714. The van der Waals surface area contributed by atoms with E-state index in [1.165, 1.54) is 58.3 Å². The fourth-order valence-corrected chi connectivity index (χ4v) is 6.88. The number of benzene rings is 4. The molecule has 0 saturated carbocycles. The van der Waals surface area contributed by atoms with Gasteiger partial charge in [-0.15, -0.1) is 0 Å². The molecule has 0 unspecified atom stereocenters. The first-order valence-corrected chi connectivity index (χ1v) is 15.7. The zero-order valence-electron chi connectivity index (χ0n) is 23.7. The van der Waals surface area contributed by atoms with Crippen molar-refractivity contribution in [3.05, 3.63) is 120 Å². The number of anilines is 1. The van der Waals surface area contributed by atoms with Crippen molar-refractivity contribution in [2.45, 2.75) is 31.3 Å². The summed E-state index contributed by atoms with van der Waals surface area (Å²) in [7, 11) is -2.29. The third-order valence-electron chi connectivity index (χ3n) is 6.62. The van der Waals surface area contributed by atoms with Gasteiger partial charge in [-0.3, -0.25) is 4.79 Å². The van der Waals surface area contributed by atoms with Gasteiger partial charge in [-0.2, -0.15) is 14.4 Å². The molecule has 0 atom stereocenters. The molecule has 43 heavy (non-hydrogen) atoms. The first kappa shape index (κ1) is 30.0. The Hall–Kier alpha value is -4.45. The van der Waals surface area contributed by atoms with E-state index < -0.39 is 15.9 Å². The number of carbonyl (C=O) groups is 1. The molecule has 0 aliphatic carbocycles. The molecule has 0 aliphatic heterocycles. The molecule has 11 heteroatoms. The van der Waals surface area contributed by atoms with Gasteiger partial charge in [-0.1, -0.05) is 53.8 Å². The van der Waals surface area contributed by atoms with Crippen LogP contribution in [0, 0.1) is 5.82 Å². The van der Waals surface area contributed by atoms with Crippen LogP contribution in [0.1, 0.15) is 35.3 Å². The van der Waals surface area contributed by atoms with Crippen LogP contribution in [-0.2, 0) is 16.6 Å². The average molecular weight is 617 g/mol. The fraction of sp³-hybridized carbons (Fsp3) is 0.156. The molecule has 0 bridgehead atoms. The highest BCUT2D eigenvalue weighted by Gasteiger charge is 2.28. The number of fused-ring (bicyclic) bond motifs is 1. The molecule has 0 spiro atoms. The van der Waals surface area contributed by atoms with Crippen LogP contribution in [0.2, 0.25) is 0 Å². The number of ether oxygens (including phenoxy) is 1. The lowest BCUT2D eigenvalue weighted by molar-refractivity contribution is 0.0987. The summed E-state index contributed by atoms with van der Waals surface area (Å²) >= 11 is 1.25. The molecule has 220 valence electrons. The summed E-state index contributed by atoms with van der Waals surface area (Å²) < 4.78 is 48.2. The SMILES string of the molecule is COc1ccc2nc(N(/N=C/c3ccc(F)cc3)C(=O)c3ccc(S(=O)(=O)N(Cc4ccccc4)C(C)C)cc3)sc2c1. The first-order valence-electron chi connectivity index (χ1n) is 13.4. The average Bonchev–Trinajstić information content (AvgIpc) is 3.44. The van der Waals surface area contributed by atoms with Gasteiger partial charge >= 0.3 is 0 Å². The number of nitrogens with zero attached hydrogens (tertiary/aromatic N) is 4. The molecule has 0 saturated heterocycles. The summed E-state index contributed by atoms with van der Waals surface area (Å²) in [5, 5.41) is 5.86. The summed E-state index contributed by atoms with van der Waals surface area (Å²) in [6.07, 6.45) is 1.44. The number of sulfonamides is 1. The van der Waals surface area contributed by atoms with Crippen molar-refractivity contribution < 1.29 is 22.3 Å². The van der Waals surface area contributed by atoms with E-state index in [1.807, 2.05) is 50.2 Å². The van der Waals surface area contributed by atoms with Crippen LogP contribution in [0.3, 0.4) is 0 Å². The lowest BCUT2D eigenvalue weighted by Crippen LogP contribution is -2.36. The summed E-state index contributed by atoms with van der Waals surface area (Å²) in [5.41, 5.74) is 2.32. The number of hydrogen-bond donors (Lipinski definition) is 0. The maximum Gasteiger partial charge on any atom is 0.280 e. The molecular weight excluding hydrogens is 588 g/mol. The van der Waals surface area contributed by atoms with Gasteiger partial charge in [-0.25, -0.2) is 17.8 Å². The molecule has 8 nitrogen and oxygen atoms in total. The number of thiazole rings is 1. The topological polar surface area (TPSA) is 92.2 Å². The predicted molar refractivity (Wildman–Crippen MR) is 168 cm³/mol. The van der Waals surface area contributed by atoms with Crippen molar-refractivity contribution in [2.75, 3.05) is 12.1 Å². The Kier molecular flexibility index (Phi) is 8.95. The summed E-state index contributed by atoms with van der Waals surface area (Å²) in [4.78, 5) is 18.5. The third kappa shape index (κ3) is 6.80. The first-order chi connectivity index (χ1) is 20.7. The monoisotopic (exact) mass is 616 g/mol. The number of hydrazone groups is 1. The highest BCUT2D eigenvalue weighted by Crippen LogP contribution is 2.33. The minimum Gasteiger partial charge on any atom is -0.497 e. The van der Waals surface area contributed by atoms with Crippen molar-refractivity contribution in [3.8, 4) is 5.75 Å². The number of halogens is 1. The summed E-state index contributed by atoms with van der Waals surface area (Å²) in [6, 6.07) is 25.9. The van der Waals surface area contributed by atoms with E-state index in [2.05, 4.69) is 10.1 Å². The molecule has 4 aromatic carbocycles. The van der Waals surface area contributed by atoms with Gasteiger partial charge in [0.1, 0.15) is 11.6 Å². The number of methoxy groups -OCH3 is 1. The van der Waals surface area contributed by atoms with Crippen LogP contribution in [0.4, 0.5) is 9.52 Å². The lowest BCUT2D eigenvalue weighted by atomic mass is 10.2. The van der Waals surface area contributed by atoms with Crippen molar-refractivity contribution in [3.63, 3.8) is 0 Å². The molecule has 0 N–H and O–H groups in total. The molecule has 0 aliphatic rings. The maximum absolute atomic E-state index is 13.8. The largest absolute Gasteiger partial charge is 0.497 e. The van der Waals surface area contributed by atoms with Crippen LogP contribution in [-0.4, -0.2) is 43.0 Å². The van der Waals surface area contributed by atoms with E-state index >= 15 is 0 Å². The second kappa shape index (κ2) is 12.8. The minimum atomic E-state index is -3.86. The number of rotatable bonds is 10. The van der Waals surface area contributed by atoms with E-state index in [1.54, 1.807) is 31.4 Å². The van der Waals surface area contributed by atoms with Gasteiger partial charge in [0, 0.05) is 18.2 Å². The van der Waals surface area contributed by atoms with E-state index in [9.17, 15) is 17.6 Å². The standard InChI is InChI=1S/C32H29FN4O4S2/c1-22(2)36(21-24-7-5-4-6-8-24)43(39,40)28-16-11-25(12-17-28)31(38)37(34-20-23-9-13-26(33)14-10-23)32-35-29-18-15-27(41-3)19-30(29)42-32/h4-20,22H,21H2,1-3H3/b34-20+. The van der Waals surface area contributed by atoms with Gasteiger partial charge in [0.2, 0.25) is 15.2 Å². The van der Waals surface area contributed by atoms with Crippen molar-refractivity contribution in [2.24, 2.45) is 5.10 Å². The Morgan fingerprint density at radius 1 is 1.00 bits per heavy atom. The summed E-state index contributed by atoms with van der Waals surface area (Å²) in [5.74, 6) is -0.256. The van der Waals surface area contributed by atoms with Crippen molar-refractivity contribution in [1.82, 2.24) is 9.29 Å². The molecule has 0 radical (unpaired) electrons. The second-order valence-corrected chi connectivity index (χ2v) is 12.8. The van der Waals surface area contributed by atoms with Crippen LogP contribution in [0.15, 0.2) is 107 Å². The number of hydrogen-bond acceptors (Lipinski definition) is 7. The van der Waals surface area contributed by atoms with Crippen LogP contribution < -0.4 is 9.75 Å². The predicted octanol–water partition coefficient (Wildman–Crippen LogP) is 6.72. The van der Waals surface area contributed by atoms with E-state index in [0.29, 0.717) is 22.0 Å². The van der Waals surface area contributed by atoms with Crippen molar-refractivity contribution >= 4 is 48.8 Å². The summed E-state index contributed by atoms with van der Waals surface area (Å²) in [6.45, 7) is 3.86. The molecule has 5 aromatic rings. The Labute approximate surface area is 253 Å². The number of carbonyl (C=O) groups excluding carboxylic acids is 1. The van der Waals surface area contributed by atoms with Crippen LogP contribution in [0.25, 0.3) is 10.2 Å². The Morgan fingerprint density at radius 3 is 2.35 bits per heavy atom. The molecule has 0 fully saturated rings. The highest BCUT2D eigenvalue weighted by molar-refractivity contribution is 7.89. The Bertz CT molecular complexity index is 1860. The van der Waals surface area contributed by atoms with Crippen LogP contribution in [0.5, 0.6) is 5.75 Å². The van der Waals surface area contributed by atoms with E-state index in [0.717, 1.165) is 15.3 Å². The van der Waals surface area contributed by atoms with Gasteiger partial charge in [0.05, 0.1) is 28.4 Å². The fourth-order valence-electron chi connectivity index (χ4n) is 4.31. The number of aromatic nitrogens is 1. The van der Waals surface area contributed by atoms with E-state index in [-0.39, 0.29) is 28.9 Å². The maximum atomic E-state index is 13.8. The molecule has 1 amide bonds. The van der Waals surface area contributed by atoms with Gasteiger partial charge in [0.25, 0.3) is 5.91 Å². The molecule has 1 heterocycles. The van der Waals surface area contributed by atoms with Crippen molar-refractivity contribution in [1.29, 1.82) is 0 Å². The van der Waals surface area contributed by atoms with Gasteiger partial charge in [0.15, 0.2) is 0 Å². The van der Waals surface area contributed by atoms with Crippen LogP contribution >= 0.6 is 11.3 Å². The normalized spacial score (nSPS) is 12.0. The Morgan fingerprint density at radius 2 is 1.70 bits per heavy atom. The van der Waals surface area contributed by atoms with E-state index in [4.69, 9.17) is 4.74 Å². The zero-order chi connectivity index (χ0) is 30.6. The molecule has 1 aromatic heterocycles. The van der Waals surface area contributed by atoms with Gasteiger partial charge in [-0.05, 0) is 79.6 Å². The molecule has 5 rings (SSSR count). The Balaban J connectivity index is 1.47. The quantitative estimate of drug-likeness (QED) is 0.128. The number of amides is 1. The second-order valence-electron chi connectivity index (χ2n) is 9.90. The highest BCUT2D eigenvalue weighted by atomic mass is 32.2. The zero-order valence-corrected chi connectivity index (χ0v) is 25.3. The molecular formula is C32H29FN4O4S2.